The summed E-state index contributed by atoms with van der Waals surface area (Å²) in [7, 11) is 0. The van der Waals surface area contributed by atoms with Crippen molar-refractivity contribution in [2.24, 2.45) is 23.7 Å². The molecular formula is C63H79N3S7. The van der Waals surface area contributed by atoms with Gasteiger partial charge in [0.05, 0.1) is 16.6 Å². The normalized spacial score (nSPS) is 13.8. The molecule has 0 saturated heterocycles. The summed E-state index contributed by atoms with van der Waals surface area (Å²) in [6.07, 6.45) is 27.1. The number of hydrogen-bond acceptors (Lipinski definition) is 10. The molecule has 0 N–H and O–H groups in total. The molecule has 1 aromatic carbocycles. The van der Waals surface area contributed by atoms with E-state index in [0.29, 0.717) is 5.92 Å². The minimum Gasteiger partial charge on any atom is -0.252 e. The Morgan fingerprint density at radius 1 is 0.479 bits per heavy atom. The Bertz CT molecular complexity index is 3040. The zero-order chi connectivity index (χ0) is 50.8. The monoisotopic (exact) mass is 1100 g/mol. The highest BCUT2D eigenvalue weighted by Crippen LogP contribution is 2.54. The number of fused-ring (bicyclic) bond motifs is 3. The Morgan fingerprint density at radius 2 is 1.05 bits per heavy atom. The Hall–Kier alpha value is -3.09. The van der Waals surface area contributed by atoms with Gasteiger partial charge in [-0.3, -0.25) is 4.98 Å². The van der Waals surface area contributed by atoms with E-state index in [0.717, 1.165) is 52.9 Å². The van der Waals surface area contributed by atoms with E-state index in [1.807, 2.05) is 45.3 Å². The Balaban J connectivity index is 1.17. The van der Waals surface area contributed by atoms with Crippen molar-refractivity contribution in [1.29, 1.82) is 0 Å². The maximum Gasteiger partial charge on any atom is 0.132 e. The van der Waals surface area contributed by atoms with Gasteiger partial charge < -0.3 is 0 Å². The molecule has 9 rings (SSSR count). The second kappa shape index (κ2) is 26.3. The molecule has 0 spiro atoms. The standard InChI is InChI=1S/C63H79N3S7/c1-9-17-21-40(13-5)31-44-35-54(68-39-44)59-60-58(65-73-66-60)50(38-64-59)53-36-45(32-41(14-6)22-18-10-2)61(71-53)55-37-49-57(52-28-26-47(70-52)34-43(16-8)24-20-12-4)62-48(29-30-67-62)56(63(49)72-55)51-27-25-46(69-51)33-42(15-7)23-19-11-3/h25-30,35-43H,9-24,31-34H2,1-8H3. The number of nitrogens with zero attached hydrogens (tertiary/aromatic N) is 3. The average Bonchev–Trinajstić information content (AvgIpc) is 4.28. The van der Waals surface area contributed by atoms with Gasteiger partial charge in [-0.15, -0.1) is 68.0 Å². The highest BCUT2D eigenvalue weighted by molar-refractivity contribution is 7.28. The number of rotatable bonds is 29. The molecule has 0 amide bonds. The molecule has 0 aliphatic heterocycles. The third kappa shape index (κ3) is 12.5. The average molecular weight is 1100 g/mol. The lowest BCUT2D eigenvalue weighted by Crippen LogP contribution is -2.03. The topological polar surface area (TPSA) is 38.7 Å². The molecule has 73 heavy (non-hydrogen) atoms. The molecule has 0 radical (unpaired) electrons. The minimum absolute atomic E-state index is 0.637. The van der Waals surface area contributed by atoms with Crippen molar-refractivity contribution in [1.82, 2.24) is 13.7 Å². The van der Waals surface area contributed by atoms with Crippen LogP contribution in [0.15, 0.2) is 65.5 Å². The van der Waals surface area contributed by atoms with Gasteiger partial charge in [0.15, 0.2) is 0 Å². The summed E-state index contributed by atoms with van der Waals surface area (Å²) in [5.74, 6) is 2.86. The summed E-state index contributed by atoms with van der Waals surface area (Å²) < 4.78 is 12.9. The summed E-state index contributed by atoms with van der Waals surface area (Å²) in [6, 6.07) is 19.8. The molecule has 0 saturated carbocycles. The molecule has 10 heteroatoms. The molecule has 0 fully saturated rings. The van der Waals surface area contributed by atoms with Crippen molar-refractivity contribution >= 4 is 111 Å². The lowest BCUT2D eigenvalue weighted by atomic mass is 9.91. The first-order chi connectivity index (χ1) is 35.8. The first-order valence-corrected chi connectivity index (χ1v) is 34.0. The van der Waals surface area contributed by atoms with Crippen molar-refractivity contribution in [3.63, 3.8) is 0 Å². The van der Waals surface area contributed by atoms with Crippen molar-refractivity contribution < 1.29 is 0 Å². The van der Waals surface area contributed by atoms with E-state index < -0.39 is 0 Å². The van der Waals surface area contributed by atoms with Crippen LogP contribution in [0.3, 0.4) is 0 Å². The number of unbranched alkanes of at least 4 members (excludes halogenated alkanes) is 4. The van der Waals surface area contributed by atoms with Crippen LogP contribution in [0.25, 0.3) is 82.9 Å². The van der Waals surface area contributed by atoms with Crippen LogP contribution >= 0.6 is 79.7 Å². The fourth-order valence-corrected chi connectivity index (χ4v) is 18.7. The number of aromatic nitrogens is 3. The van der Waals surface area contributed by atoms with E-state index in [1.165, 1.54) is 209 Å². The third-order valence-electron chi connectivity index (χ3n) is 15.9. The van der Waals surface area contributed by atoms with Crippen LogP contribution in [-0.2, 0) is 25.7 Å². The summed E-state index contributed by atoms with van der Waals surface area (Å²) in [5, 5.41) is 7.55. The van der Waals surface area contributed by atoms with Crippen LogP contribution in [0, 0.1) is 23.7 Å². The third-order valence-corrected chi connectivity index (χ3v) is 23.1. The number of thiophene rings is 6. The van der Waals surface area contributed by atoms with Crippen LogP contribution in [-0.4, -0.2) is 13.7 Å². The lowest BCUT2D eigenvalue weighted by Gasteiger charge is -2.14. The fraction of sp³-hybridized carbons (Fsp3) is 0.508. The van der Waals surface area contributed by atoms with Gasteiger partial charge in [0, 0.05) is 77.2 Å². The predicted octanol–water partition coefficient (Wildman–Crippen LogP) is 23.1. The molecule has 8 aromatic heterocycles. The zero-order valence-electron chi connectivity index (χ0n) is 45.0. The molecule has 4 atom stereocenters. The van der Waals surface area contributed by atoms with Gasteiger partial charge in [0.25, 0.3) is 0 Å². The first kappa shape index (κ1) is 54.7. The molecule has 388 valence electrons. The largest absolute Gasteiger partial charge is 0.252 e. The molecule has 9 aromatic rings. The Morgan fingerprint density at radius 3 is 1.66 bits per heavy atom. The number of hydrogen-bond donors (Lipinski definition) is 0. The molecule has 3 nitrogen and oxygen atoms in total. The molecule has 4 unspecified atom stereocenters. The predicted molar refractivity (Wildman–Crippen MR) is 333 cm³/mol. The van der Waals surface area contributed by atoms with E-state index >= 15 is 0 Å². The summed E-state index contributed by atoms with van der Waals surface area (Å²) >= 11 is 13.2. The Labute approximate surface area is 466 Å². The van der Waals surface area contributed by atoms with E-state index in [9.17, 15) is 0 Å². The second-order valence-corrected chi connectivity index (χ2v) is 27.8. The lowest BCUT2D eigenvalue weighted by molar-refractivity contribution is 0.449. The van der Waals surface area contributed by atoms with Crippen molar-refractivity contribution in [2.45, 2.75) is 184 Å². The van der Waals surface area contributed by atoms with E-state index in [2.05, 4.69) is 144 Å². The molecule has 8 heterocycles. The van der Waals surface area contributed by atoms with Gasteiger partial charge in [-0.25, -0.2) is 0 Å². The number of benzene rings is 1. The minimum atomic E-state index is 0.637. The SMILES string of the molecule is CCCCC(CC)Cc1csc(-c2ncc(-c3cc(CC(CC)CCCC)c(-c4cc5c(-c6ccc(CC(CC)CCCC)s6)c6sccc6c(-c6ccc(CC(CC)CCCC)s6)c5s4)s3)c3nsnc23)c1. The Kier molecular flexibility index (Phi) is 19.7. The van der Waals surface area contributed by atoms with Crippen LogP contribution in [0.4, 0.5) is 0 Å². The quantitative estimate of drug-likeness (QED) is 0.0469. The van der Waals surface area contributed by atoms with Gasteiger partial charge in [0.1, 0.15) is 16.7 Å². The van der Waals surface area contributed by atoms with E-state index in [1.54, 1.807) is 0 Å². The maximum absolute atomic E-state index is 5.27. The summed E-state index contributed by atoms with van der Waals surface area (Å²) in [5.41, 5.74) is 9.80. The molecule has 0 aliphatic rings. The van der Waals surface area contributed by atoms with Crippen molar-refractivity contribution in [2.75, 3.05) is 0 Å². The van der Waals surface area contributed by atoms with Gasteiger partial charge >= 0.3 is 0 Å². The van der Waals surface area contributed by atoms with Crippen LogP contribution in [0.2, 0.25) is 0 Å². The second-order valence-electron chi connectivity index (χ2n) is 21.0. The van der Waals surface area contributed by atoms with Crippen molar-refractivity contribution in [3.05, 3.63) is 86.4 Å². The molecular weight excluding hydrogens is 1020 g/mol. The summed E-state index contributed by atoms with van der Waals surface area (Å²) in [6.45, 7) is 18.8. The fourth-order valence-electron chi connectivity index (χ4n) is 11.2. The van der Waals surface area contributed by atoms with E-state index in [-0.39, 0.29) is 0 Å². The van der Waals surface area contributed by atoms with Gasteiger partial charge in [-0.05, 0) is 120 Å². The highest BCUT2D eigenvalue weighted by Gasteiger charge is 2.27. The maximum atomic E-state index is 5.27. The van der Waals surface area contributed by atoms with Crippen LogP contribution in [0.5, 0.6) is 0 Å². The first-order valence-electron chi connectivity index (χ1n) is 28.3. The van der Waals surface area contributed by atoms with Gasteiger partial charge in [-0.2, -0.15) is 8.75 Å². The summed E-state index contributed by atoms with van der Waals surface area (Å²) in [4.78, 5) is 16.5. The zero-order valence-corrected chi connectivity index (χ0v) is 50.7. The molecule has 0 bridgehead atoms. The highest BCUT2D eigenvalue weighted by atomic mass is 32.1. The van der Waals surface area contributed by atoms with Gasteiger partial charge in [0.2, 0.25) is 0 Å². The molecule has 0 aliphatic carbocycles. The van der Waals surface area contributed by atoms with Crippen molar-refractivity contribution in [3.8, 4) is 51.6 Å². The smallest absolute Gasteiger partial charge is 0.132 e. The van der Waals surface area contributed by atoms with E-state index in [4.69, 9.17) is 13.7 Å². The number of pyridine rings is 1. The van der Waals surface area contributed by atoms with Crippen LogP contribution < -0.4 is 0 Å². The van der Waals surface area contributed by atoms with Gasteiger partial charge in [-0.1, -0.05) is 158 Å². The van der Waals surface area contributed by atoms with Crippen LogP contribution in [0.1, 0.15) is 179 Å².